The van der Waals surface area contributed by atoms with Crippen LogP contribution in [0.5, 0.6) is 11.5 Å². The van der Waals surface area contributed by atoms with Crippen LogP contribution < -0.4 is 5.73 Å². The van der Waals surface area contributed by atoms with E-state index in [1.807, 2.05) is 0 Å². The summed E-state index contributed by atoms with van der Waals surface area (Å²) in [5, 5.41) is 17.5. The molecule has 0 bridgehead atoms. The van der Waals surface area contributed by atoms with Crippen LogP contribution in [0, 0.1) is 12.7 Å². The monoisotopic (exact) mass is 565 g/mol. The first kappa shape index (κ1) is 33.1. The fourth-order valence-electron chi connectivity index (χ4n) is 2.18. The SMILES string of the molecule is C=[N+]1[CH-]C=[N+](S(=O)(=O)F)[C-]1C.CCOC(C)=O.Nc1ccc(O)cc1.O=S(=O)(F)Cc1ccc(O)cc1. The summed E-state index contributed by atoms with van der Waals surface area (Å²) in [4.78, 5) is 9.82. The lowest BCUT2D eigenvalue weighted by atomic mass is 10.2. The number of nitrogens with zero attached hydrogens (tertiary/aromatic N) is 2. The van der Waals surface area contributed by atoms with Gasteiger partial charge in [-0.05, 0) is 55.8 Å². The first-order valence-corrected chi connectivity index (χ1v) is 13.1. The molecule has 15 heteroatoms. The Kier molecular flexibility index (Phi) is 13.7. The van der Waals surface area contributed by atoms with Crippen molar-refractivity contribution in [1.29, 1.82) is 0 Å². The van der Waals surface area contributed by atoms with Crippen molar-refractivity contribution in [2.24, 2.45) is 0 Å². The van der Waals surface area contributed by atoms with E-state index in [9.17, 15) is 29.4 Å². The maximum atomic E-state index is 12.3. The summed E-state index contributed by atoms with van der Waals surface area (Å²) in [6.45, 7) is 9.87. The summed E-state index contributed by atoms with van der Waals surface area (Å²) >= 11 is 0. The molecule has 0 saturated heterocycles. The van der Waals surface area contributed by atoms with Crippen LogP contribution in [0.3, 0.4) is 0 Å². The van der Waals surface area contributed by atoms with Crippen molar-refractivity contribution >= 4 is 45.2 Å². The molecule has 1 heterocycles. The van der Waals surface area contributed by atoms with E-state index in [0.717, 1.165) is 6.21 Å². The molecule has 0 unspecified atom stereocenters. The zero-order chi connectivity index (χ0) is 28.8. The molecule has 1 aliphatic heterocycles. The van der Waals surface area contributed by atoms with Crippen LogP contribution in [0.25, 0.3) is 0 Å². The van der Waals surface area contributed by atoms with E-state index in [4.69, 9.17) is 15.9 Å². The Hall–Kier alpha value is -3.85. The summed E-state index contributed by atoms with van der Waals surface area (Å²) in [6.07, 6.45) is 1.31. The third-order valence-corrected chi connectivity index (χ3v) is 5.40. The second-order valence-electron chi connectivity index (χ2n) is 6.92. The number of esters is 1. The van der Waals surface area contributed by atoms with Gasteiger partial charge in [-0.25, -0.2) is 0 Å². The predicted molar refractivity (Wildman–Crippen MR) is 134 cm³/mol. The van der Waals surface area contributed by atoms with E-state index < -0.39 is 26.4 Å². The number of hydrogen-bond donors (Lipinski definition) is 3. The highest BCUT2D eigenvalue weighted by Gasteiger charge is 2.31. The predicted octanol–water partition coefficient (Wildman–Crippen LogP) is 2.42. The lowest BCUT2D eigenvalue weighted by molar-refractivity contribution is -0.585. The lowest BCUT2D eigenvalue weighted by Gasteiger charge is -2.08. The van der Waals surface area contributed by atoms with Crippen molar-refractivity contribution in [2.45, 2.75) is 26.5 Å². The Labute approximate surface area is 215 Å². The molecular formula is C22H29F2N3O8S2. The quantitative estimate of drug-likeness (QED) is 0.126. The zero-order valence-electron chi connectivity index (χ0n) is 20.3. The molecule has 0 radical (unpaired) electrons. The van der Waals surface area contributed by atoms with Crippen molar-refractivity contribution in [1.82, 2.24) is 0 Å². The number of anilines is 1. The summed E-state index contributed by atoms with van der Waals surface area (Å²) in [7, 11) is -9.13. The average Bonchev–Trinajstić information content (AvgIpc) is 3.11. The summed E-state index contributed by atoms with van der Waals surface area (Å²) < 4.78 is 71.5. The summed E-state index contributed by atoms with van der Waals surface area (Å²) in [5.74, 6) is -0.584. The summed E-state index contributed by atoms with van der Waals surface area (Å²) in [5.41, 5.74) is 6.30. The van der Waals surface area contributed by atoms with Crippen LogP contribution >= 0.6 is 0 Å². The molecule has 2 aromatic carbocycles. The van der Waals surface area contributed by atoms with Crippen LogP contribution in [-0.2, 0) is 35.9 Å². The van der Waals surface area contributed by atoms with E-state index in [1.54, 1.807) is 31.2 Å². The first-order valence-electron chi connectivity index (χ1n) is 10.2. The maximum Gasteiger partial charge on any atom is 0.536 e. The van der Waals surface area contributed by atoms with Crippen molar-refractivity contribution < 1.29 is 52.9 Å². The third-order valence-electron chi connectivity index (χ3n) is 3.87. The molecule has 206 valence electrons. The molecule has 0 spiro atoms. The Morgan fingerprint density at radius 1 is 1.05 bits per heavy atom. The van der Waals surface area contributed by atoms with Gasteiger partial charge in [0, 0.05) is 19.2 Å². The van der Waals surface area contributed by atoms with Gasteiger partial charge in [0.25, 0.3) is 0 Å². The Morgan fingerprint density at radius 3 is 1.76 bits per heavy atom. The standard InChI is InChI=1S/C7H7FO3S.C6H7NO.C5H7FN2O2S.C4H8O2/c8-12(10,11)5-6-1-3-7(9)4-2-6;7-5-1-3-6(8)4-2-5;1-5-7(2)3-4-8(5)11(6,9)10;1-3-6-4(2)5/h1-4,9H,5H2;1-4,8H,7H2;3-4H,2H2,1H3;3H2,1-2H3. The highest BCUT2D eigenvalue weighted by molar-refractivity contribution is 7.85. The third kappa shape index (κ3) is 15.7. The van der Waals surface area contributed by atoms with Crippen LogP contribution in [0.15, 0.2) is 48.5 Å². The molecular weight excluding hydrogens is 536 g/mol. The highest BCUT2D eigenvalue weighted by atomic mass is 32.3. The summed E-state index contributed by atoms with van der Waals surface area (Å²) in [6, 6.07) is 11.7. The molecule has 0 atom stereocenters. The minimum atomic E-state index is -4.66. The minimum absolute atomic E-state index is 0.0232. The van der Waals surface area contributed by atoms with Crippen LogP contribution in [-0.4, -0.2) is 61.1 Å². The van der Waals surface area contributed by atoms with Gasteiger partial charge in [0.15, 0.2) is 0 Å². The molecule has 0 amide bonds. The highest BCUT2D eigenvalue weighted by Crippen LogP contribution is 2.14. The van der Waals surface area contributed by atoms with Crippen LogP contribution in [0.2, 0.25) is 0 Å². The van der Waals surface area contributed by atoms with Crippen LogP contribution in [0.4, 0.5) is 13.5 Å². The molecule has 0 fully saturated rings. The molecule has 4 N–H and O–H groups in total. The number of ether oxygens (including phenoxy) is 1. The number of hydrogen-bond acceptors (Lipinski definition) is 9. The van der Waals surface area contributed by atoms with Gasteiger partial charge in [-0.3, -0.25) is 4.79 Å². The fraction of sp³-hybridized carbons (Fsp3) is 0.227. The molecule has 2 aromatic rings. The Bertz CT molecular complexity index is 1250. The zero-order valence-corrected chi connectivity index (χ0v) is 21.9. The maximum absolute atomic E-state index is 12.3. The molecule has 1 aliphatic rings. The second-order valence-corrected chi connectivity index (χ2v) is 9.50. The number of halogens is 2. The fourth-order valence-corrected chi connectivity index (χ4v) is 3.39. The number of phenols is 2. The first-order chi connectivity index (χ1) is 17.0. The smallest absolute Gasteiger partial charge is 0.508 e. The van der Waals surface area contributed by atoms with Crippen LogP contribution in [0.1, 0.15) is 26.3 Å². The van der Waals surface area contributed by atoms with E-state index >= 15 is 0 Å². The normalized spacial score (nSPS) is 12.3. The van der Waals surface area contributed by atoms with Gasteiger partial charge in [-0.1, -0.05) is 22.7 Å². The van der Waals surface area contributed by atoms with Gasteiger partial charge in [-0.15, -0.1) is 16.3 Å². The molecule has 3 rings (SSSR count). The molecule has 37 heavy (non-hydrogen) atoms. The van der Waals surface area contributed by atoms with Crippen molar-refractivity contribution in [2.75, 3.05) is 12.3 Å². The lowest BCUT2D eigenvalue weighted by Crippen LogP contribution is -2.20. The number of nitrogen functional groups attached to an aromatic ring is 1. The number of rotatable bonds is 4. The van der Waals surface area contributed by atoms with Gasteiger partial charge in [0.1, 0.15) is 23.5 Å². The van der Waals surface area contributed by atoms with Gasteiger partial charge < -0.3 is 25.3 Å². The Balaban J connectivity index is 0.000000482. The van der Waals surface area contributed by atoms with Gasteiger partial charge in [0.05, 0.1) is 6.61 Å². The minimum Gasteiger partial charge on any atom is -0.508 e. The van der Waals surface area contributed by atoms with E-state index in [-0.39, 0.29) is 23.6 Å². The number of carbonyl (C=O) groups excluding carboxylic acids is 1. The molecule has 11 nitrogen and oxygen atoms in total. The van der Waals surface area contributed by atoms with E-state index in [2.05, 4.69) is 11.5 Å². The van der Waals surface area contributed by atoms with Gasteiger partial charge in [0.2, 0.25) is 6.17 Å². The number of nitrogens with two attached hydrogens (primary N) is 1. The molecule has 0 aromatic heterocycles. The van der Waals surface area contributed by atoms with Crippen molar-refractivity contribution in [3.05, 3.63) is 66.8 Å². The number of aromatic hydroxyl groups is 2. The second kappa shape index (κ2) is 15.3. The van der Waals surface area contributed by atoms with Crippen molar-refractivity contribution in [3.63, 3.8) is 0 Å². The average molecular weight is 566 g/mol. The van der Waals surface area contributed by atoms with E-state index in [1.165, 1.54) is 49.2 Å². The van der Waals surface area contributed by atoms with E-state index in [0.29, 0.717) is 21.8 Å². The molecule has 0 aliphatic carbocycles. The molecule has 0 saturated carbocycles. The number of benzene rings is 2. The van der Waals surface area contributed by atoms with Crippen molar-refractivity contribution in [3.8, 4) is 11.5 Å². The Morgan fingerprint density at radius 2 is 1.51 bits per heavy atom. The number of phenolic OH excluding ortho intramolecular Hbond substituents is 2. The van der Waals surface area contributed by atoms with Gasteiger partial charge in [-0.2, -0.15) is 8.42 Å². The largest absolute Gasteiger partial charge is 0.536 e. The number of carbonyl (C=O) groups is 1. The topological polar surface area (TPSA) is 167 Å². The van der Waals surface area contributed by atoms with Gasteiger partial charge >= 0.3 is 26.6 Å².